The predicted molar refractivity (Wildman–Crippen MR) is 41.2 cm³/mol. The molecule has 0 saturated carbocycles. The molecule has 0 rings (SSSR count). The van der Waals surface area contributed by atoms with Crippen molar-refractivity contribution >= 4 is 17.2 Å². The van der Waals surface area contributed by atoms with E-state index in [4.69, 9.17) is 0 Å². The summed E-state index contributed by atoms with van der Waals surface area (Å²) in [6.07, 6.45) is 1.83. The molecule has 52 valence electrons. The molecule has 0 aromatic carbocycles. The van der Waals surface area contributed by atoms with E-state index in [1.165, 1.54) is 0 Å². The first kappa shape index (κ1) is 8.69. The first-order chi connectivity index (χ1) is 4.20. The van der Waals surface area contributed by atoms with E-state index in [1.54, 1.807) is 6.92 Å². The predicted octanol–water partition coefficient (Wildman–Crippen LogP) is 2.95. The van der Waals surface area contributed by atoms with Crippen LogP contribution in [0.15, 0.2) is 16.8 Å². The molecule has 0 atom stereocenters. The largest absolute Gasteiger partial charge is 0.249 e. The van der Waals surface area contributed by atoms with Crippen molar-refractivity contribution in [2.75, 3.05) is 0 Å². The Morgan fingerprint density at radius 3 is 2.44 bits per heavy atom. The maximum Gasteiger partial charge on any atom is 0.103 e. The first-order valence-electron chi connectivity index (χ1n) is 2.67. The molecule has 0 spiro atoms. The minimum absolute atomic E-state index is 0.178. The molecule has 0 N–H and O–H groups in total. The molecular weight excluding hydrogens is 137 g/mol. The number of hydrogen-bond donors (Lipinski definition) is 0. The molecule has 0 aliphatic carbocycles. The number of aliphatic imine (C=N–C) groups is 1. The summed E-state index contributed by atoms with van der Waals surface area (Å²) in [7, 11) is 0. The zero-order valence-corrected chi connectivity index (χ0v) is 6.63. The van der Waals surface area contributed by atoms with Crippen molar-refractivity contribution < 1.29 is 3.89 Å². The summed E-state index contributed by atoms with van der Waals surface area (Å²) in [5, 5.41) is 0.450. The van der Waals surface area contributed by atoms with Gasteiger partial charge in [0, 0.05) is 5.70 Å². The van der Waals surface area contributed by atoms with Gasteiger partial charge in [0.25, 0.3) is 0 Å². The lowest BCUT2D eigenvalue weighted by Crippen LogP contribution is -1.78. The van der Waals surface area contributed by atoms with Crippen LogP contribution in [0, 0.1) is 0 Å². The Morgan fingerprint density at radius 2 is 2.11 bits per heavy atom. The second kappa shape index (κ2) is 4.56. The van der Waals surface area contributed by atoms with Crippen molar-refractivity contribution in [3.05, 3.63) is 11.8 Å². The summed E-state index contributed by atoms with van der Waals surface area (Å²) in [5.41, 5.74) is 0.845. The Balaban J connectivity index is 3.95. The summed E-state index contributed by atoms with van der Waals surface area (Å²) in [5.74, 6) is 0. The molecule has 9 heavy (non-hydrogen) atoms. The average Bonchev–Trinajstić information content (AvgIpc) is 1.87. The fourth-order valence-electron chi connectivity index (χ4n) is 0.330. The van der Waals surface area contributed by atoms with E-state index in [-0.39, 0.29) is 12.1 Å². The highest BCUT2D eigenvalue weighted by Crippen LogP contribution is 2.06. The van der Waals surface area contributed by atoms with Gasteiger partial charge in [-0.15, -0.1) is 0 Å². The van der Waals surface area contributed by atoms with Crippen molar-refractivity contribution in [1.82, 2.24) is 0 Å². The molecule has 1 nitrogen and oxygen atoms in total. The van der Waals surface area contributed by atoms with E-state index in [0.29, 0.717) is 5.04 Å². The summed E-state index contributed by atoms with van der Waals surface area (Å²) >= 11 is 0.178. The Morgan fingerprint density at radius 1 is 1.56 bits per heavy atom. The third-order valence-electron chi connectivity index (χ3n) is 0.863. The van der Waals surface area contributed by atoms with E-state index in [0.717, 1.165) is 5.70 Å². The Hall–Kier alpha value is -0.310. The van der Waals surface area contributed by atoms with Gasteiger partial charge >= 0.3 is 0 Å². The molecule has 0 fully saturated rings. The standard InChI is InChI=1S/C6H10FNS/c1-4-5(2)8-6(3)9-7/h4H,1-3H3/b5-4-,8-6?. The Kier molecular flexibility index (Phi) is 4.40. The number of rotatable bonds is 1. The van der Waals surface area contributed by atoms with Gasteiger partial charge in [-0.1, -0.05) is 6.08 Å². The summed E-state index contributed by atoms with van der Waals surface area (Å²) in [6.45, 7) is 5.34. The first-order valence-corrected chi connectivity index (χ1v) is 3.39. The molecular formula is C6H10FNS. The van der Waals surface area contributed by atoms with Crippen LogP contribution in [0.25, 0.3) is 0 Å². The van der Waals surface area contributed by atoms with Crippen molar-refractivity contribution in [2.24, 2.45) is 4.99 Å². The fourth-order valence-corrected chi connectivity index (χ4v) is 0.509. The van der Waals surface area contributed by atoms with Gasteiger partial charge in [0.1, 0.15) is 5.04 Å². The molecule has 0 aromatic rings. The Labute approximate surface area is 59.4 Å². The normalized spacial score (nSPS) is 14.2. The molecule has 0 bridgehead atoms. The van der Waals surface area contributed by atoms with Gasteiger partial charge < -0.3 is 0 Å². The minimum Gasteiger partial charge on any atom is -0.249 e. The smallest absolute Gasteiger partial charge is 0.103 e. The van der Waals surface area contributed by atoms with Gasteiger partial charge in [0.05, 0.1) is 12.1 Å². The van der Waals surface area contributed by atoms with Crippen LogP contribution >= 0.6 is 12.1 Å². The van der Waals surface area contributed by atoms with Crippen molar-refractivity contribution in [3.63, 3.8) is 0 Å². The van der Waals surface area contributed by atoms with Crippen LogP contribution in [0.3, 0.4) is 0 Å². The van der Waals surface area contributed by atoms with Crippen LogP contribution in [0.4, 0.5) is 3.89 Å². The topological polar surface area (TPSA) is 12.4 Å². The average molecular weight is 147 g/mol. The third-order valence-corrected chi connectivity index (χ3v) is 1.18. The van der Waals surface area contributed by atoms with Gasteiger partial charge in [0.15, 0.2) is 0 Å². The van der Waals surface area contributed by atoms with E-state index >= 15 is 0 Å². The van der Waals surface area contributed by atoms with Crippen LogP contribution < -0.4 is 0 Å². The van der Waals surface area contributed by atoms with E-state index in [1.807, 2.05) is 19.9 Å². The number of nitrogens with zero attached hydrogens (tertiary/aromatic N) is 1. The zero-order chi connectivity index (χ0) is 7.28. The monoisotopic (exact) mass is 147 g/mol. The molecule has 0 saturated heterocycles. The molecule has 0 aliphatic heterocycles. The van der Waals surface area contributed by atoms with Gasteiger partial charge in [-0.05, 0) is 20.8 Å². The zero-order valence-electron chi connectivity index (χ0n) is 5.81. The minimum atomic E-state index is 0.178. The maximum atomic E-state index is 11.6. The quantitative estimate of drug-likeness (QED) is 0.410. The van der Waals surface area contributed by atoms with Crippen LogP contribution in [0.1, 0.15) is 20.8 Å². The van der Waals surface area contributed by atoms with Gasteiger partial charge in [-0.2, -0.15) is 3.89 Å². The molecule has 0 aliphatic rings. The van der Waals surface area contributed by atoms with Crippen LogP contribution in [-0.2, 0) is 0 Å². The number of hydrogen-bond acceptors (Lipinski definition) is 2. The van der Waals surface area contributed by atoms with Crippen LogP contribution in [-0.4, -0.2) is 5.04 Å². The molecule has 0 unspecified atom stereocenters. The second-order valence-corrected chi connectivity index (χ2v) is 2.38. The molecule has 3 heteroatoms. The summed E-state index contributed by atoms with van der Waals surface area (Å²) in [6, 6.07) is 0. The number of halogens is 1. The van der Waals surface area contributed by atoms with Crippen molar-refractivity contribution in [2.45, 2.75) is 20.8 Å². The van der Waals surface area contributed by atoms with Crippen LogP contribution in [0.2, 0.25) is 0 Å². The van der Waals surface area contributed by atoms with Gasteiger partial charge in [-0.25, -0.2) is 4.99 Å². The highest BCUT2D eigenvalue weighted by Gasteiger charge is 1.88. The highest BCUT2D eigenvalue weighted by molar-refractivity contribution is 8.09. The van der Waals surface area contributed by atoms with E-state index in [9.17, 15) is 3.89 Å². The molecule has 0 aromatic heterocycles. The second-order valence-electron chi connectivity index (χ2n) is 1.64. The highest BCUT2D eigenvalue weighted by atomic mass is 32.2. The third kappa shape index (κ3) is 4.21. The maximum absolute atomic E-state index is 11.6. The summed E-state index contributed by atoms with van der Waals surface area (Å²) < 4.78 is 11.6. The van der Waals surface area contributed by atoms with Gasteiger partial charge in [0.2, 0.25) is 0 Å². The number of allylic oxidation sites excluding steroid dienone is 2. The molecule has 0 heterocycles. The lowest BCUT2D eigenvalue weighted by Gasteiger charge is -1.89. The SMILES string of the molecule is C/C=C(/C)N=C(C)SF. The van der Waals surface area contributed by atoms with E-state index < -0.39 is 0 Å². The van der Waals surface area contributed by atoms with Crippen molar-refractivity contribution in [1.29, 1.82) is 0 Å². The fraction of sp³-hybridized carbons (Fsp3) is 0.500. The van der Waals surface area contributed by atoms with Crippen LogP contribution in [0.5, 0.6) is 0 Å². The summed E-state index contributed by atoms with van der Waals surface area (Å²) in [4.78, 5) is 3.88. The van der Waals surface area contributed by atoms with E-state index in [2.05, 4.69) is 4.99 Å². The van der Waals surface area contributed by atoms with Crippen molar-refractivity contribution in [3.8, 4) is 0 Å². The lowest BCUT2D eigenvalue weighted by molar-refractivity contribution is 0.949. The van der Waals surface area contributed by atoms with Gasteiger partial charge in [-0.3, -0.25) is 0 Å². The Bertz CT molecular complexity index is 140. The lowest BCUT2D eigenvalue weighted by atomic mass is 10.5. The molecule has 0 amide bonds. The molecule has 0 radical (unpaired) electrons.